The summed E-state index contributed by atoms with van der Waals surface area (Å²) in [5, 5.41) is 0. The highest BCUT2D eigenvalue weighted by molar-refractivity contribution is 6.24. The van der Waals surface area contributed by atoms with Crippen LogP contribution in [0.15, 0.2) is 115 Å². The van der Waals surface area contributed by atoms with Gasteiger partial charge in [-0.15, -0.1) is 0 Å². The highest BCUT2D eigenvalue weighted by atomic mass is 19.1. The summed E-state index contributed by atoms with van der Waals surface area (Å²) in [6.45, 7) is 0. The molecule has 0 aliphatic carbocycles. The van der Waals surface area contributed by atoms with Crippen LogP contribution in [0, 0.1) is 17.7 Å². The minimum atomic E-state index is -1.10. The number of benzene rings is 4. The number of amides is 2. The van der Waals surface area contributed by atoms with Gasteiger partial charge in [0, 0.05) is 5.69 Å². The predicted octanol–water partition coefficient (Wildman–Crippen LogP) is 5.55. The Balaban J connectivity index is 1.33. The maximum atomic E-state index is 14.8. The Bertz CT molecular complexity index is 1650. The summed E-state index contributed by atoms with van der Waals surface area (Å²) >= 11 is 0. The first-order chi connectivity index (χ1) is 20.0. The standard InChI is InChI=1S/C34H25FN2O4/c35-24-16-8-10-18-26(24)37-32(38)28-27-20-19-21-11-7-9-17-25(21)36(27)30(29(28)33(37)39)34(40)41-31(22-12-3-1-4-13-22)23-14-5-2-6-15-23/h1-20,27-31H/t27-,28-,29+,30-/m1/s1. The van der Waals surface area contributed by atoms with Gasteiger partial charge in [-0.2, -0.15) is 0 Å². The van der Waals surface area contributed by atoms with Crippen molar-refractivity contribution in [3.05, 3.63) is 138 Å². The molecule has 4 atom stereocenters. The molecule has 0 aromatic heterocycles. The van der Waals surface area contributed by atoms with Gasteiger partial charge < -0.3 is 9.64 Å². The SMILES string of the molecule is O=C(OC(c1ccccc1)c1ccccc1)[C@H]1[C@H]2C(=O)N(c3ccccc3F)C(=O)[C@@H]2[C@H]2C=Cc3ccccc3N21. The van der Waals surface area contributed by atoms with Crippen molar-refractivity contribution in [1.29, 1.82) is 0 Å². The number of halogens is 1. The Morgan fingerprint density at radius 1 is 0.707 bits per heavy atom. The highest BCUT2D eigenvalue weighted by Gasteiger charge is 2.65. The van der Waals surface area contributed by atoms with Crippen molar-refractivity contribution in [3.63, 3.8) is 0 Å². The third kappa shape index (κ3) is 3.96. The van der Waals surface area contributed by atoms with Crippen LogP contribution >= 0.6 is 0 Å². The van der Waals surface area contributed by atoms with Crippen LogP contribution in [-0.2, 0) is 19.1 Å². The van der Waals surface area contributed by atoms with Crippen LogP contribution in [-0.4, -0.2) is 29.9 Å². The zero-order valence-electron chi connectivity index (χ0n) is 21.8. The summed E-state index contributed by atoms with van der Waals surface area (Å²) in [5.41, 5.74) is 3.06. The van der Waals surface area contributed by atoms with Crippen LogP contribution in [0.3, 0.4) is 0 Å². The Morgan fingerprint density at radius 2 is 1.27 bits per heavy atom. The Labute approximate surface area is 236 Å². The molecule has 7 rings (SSSR count). The van der Waals surface area contributed by atoms with E-state index < -0.39 is 53.6 Å². The van der Waals surface area contributed by atoms with E-state index in [-0.39, 0.29) is 5.69 Å². The topological polar surface area (TPSA) is 66.9 Å². The normalized spacial score (nSPS) is 22.5. The molecular weight excluding hydrogens is 519 g/mol. The number of ether oxygens (including phenoxy) is 1. The molecule has 6 nitrogen and oxygen atoms in total. The van der Waals surface area contributed by atoms with Crippen molar-refractivity contribution < 1.29 is 23.5 Å². The molecule has 0 radical (unpaired) electrons. The number of esters is 1. The molecule has 2 amide bonds. The largest absolute Gasteiger partial charge is 0.451 e. The van der Waals surface area contributed by atoms with Gasteiger partial charge in [-0.3, -0.25) is 9.59 Å². The number of rotatable bonds is 5. The minimum Gasteiger partial charge on any atom is -0.451 e. The van der Waals surface area contributed by atoms with Crippen LogP contribution in [0.1, 0.15) is 22.8 Å². The number of carbonyl (C=O) groups is 3. The maximum absolute atomic E-state index is 14.8. The first kappa shape index (κ1) is 25.0. The smallest absolute Gasteiger partial charge is 0.330 e. The summed E-state index contributed by atoms with van der Waals surface area (Å²) in [6, 6.07) is 30.4. The van der Waals surface area contributed by atoms with E-state index in [4.69, 9.17) is 4.74 Å². The number of nitrogens with zero attached hydrogens (tertiary/aromatic N) is 2. The van der Waals surface area contributed by atoms with E-state index in [1.165, 1.54) is 18.2 Å². The average molecular weight is 545 g/mol. The Hall–Kier alpha value is -5.04. The molecule has 3 aliphatic rings. The van der Waals surface area contributed by atoms with Gasteiger partial charge in [0.2, 0.25) is 11.8 Å². The molecule has 3 aliphatic heterocycles. The average Bonchev–Trinajstić information content (AvgIpc) is 3.49. The second-order valence-corrected chi connectivity index (χ2v) is 10.4. The molecule has 41 heavy (non-hydrogen) atoms. The summed E-state index contributed by atoms with van der Waals surface area (Å²) in [5.74, 6) is -4.37. The lowest BCUT2D eigenvalue weighted by Gasteiger charge is -2.36. The molecule has 7 heteroatoms. The lowest BCUT2D eigenvalue weighted by Crippen LogP contribution is -2.49. The Morgan fingerprint density at radius 3 is 1.93 bits per heavy atom. The first-order valence-corrected chi connectivity index (χ1v) is 13.5. The van der Waals surface area contributed by atoms with Crippen molar-refractivity contribution in [1.82, 2.24) is 0 Å². The molecule has 3 heterocycles. The van der Waals surface area contributed by atoms with Gasteiger partial charge in [0.15, 0.2) is 6.10 Å². The van der Waals surface area contributed by atoms with Crippen LogP contribution in [0.4, 0.5) is 15.8 Å². The number of para-hydroxylation sites is 2. The monoisotopic (exact) mass is 544 g/mol. The fourth-order valence-electron chi connectivity index (χ4n) is 6.42. The summed E-state index contributed by atoms with van der Waals surface area (Å²) in [7, 11) is 0. The van der Waals surface area contributed by atoms with E-state index in [0.29, 0.717) is 0 Å². The predicted molar refractivity (Wildman–Crippen MR) is 152 cm³/mol. The molecule has 4 aromatic carbocycles. The van der Waals surface area contributed by atoms with Gasteiger partial charge in [0.05, 0.1) is 23.6 Å². The summed E-state index contributed by atoms with van der Waals surface area (Å²) < 4.78 is 21.1. The number of imide groups is 1. The van der Waals surface area contributed by atoms with Crippen LogP contribution in [0.2, 0.25) is 0 Å². The lowest BCUT2D eigenvalue weighted by atomic mass is 9.88. The third-order valence-corrected chi connectivity index (χ3v) is 8.19. The summed E-state index contributed by atoms with van der Waals surface area (Å²) in [6.07, 6.45) is 3.03. The zero-order valence-corrected chi connectivity index (χ0v) is 21.8. The molecule has 0 unspecified atom stereocenters. The van der Waals surface area contributed by atoms with Gasteiger partial charge in [-0.1, -0.05) is 103 Å². The van der Waals surface area contributed by atoms with E-state index >= 15 is 0 Å². The van der Waals surface area contributed by atoms with E-state index in [2.05, 4.69) is 0 Å². The van der Waals surface area contributed by atoms with Crippen molar-refractivity contribution >= 4 is 35.2 Å². The number of hydrogen-bond acceptors (Lipinski definition) is 5. The molecule has 2 fully saturated rings. The van der Waals surface area contributed by atoms with Crippen LogP contribution < -0.4 is 9.80 Å². The first-order valence-electron chi connectivity index (χ1n) is 13.5. The fraction of sp³-hybridized carbons (Fsp3) is 0.147. The van der Waals surface area contributed by atoms with Crippen molar-refractivity contribution in [2.24, 2.45) is 11.8 Å². The minimum absolute atomic E-state index is 0.109. The van der Waals surface area contributed by atoms with Crippen molar-refractivity contribution in [3.8, 4) is 0 Å². The van der Waals surface area contributed by atoms with Gasteiger partial charge in [-0.05, 0) is 34.9 Å². The molecule has 0 N–H and O–H groups in total. The van der Waals surface area contributed by atoms with Gasteiger partial charge in [-0.25, -0.2) is 14.1 Å². The molecule has 0 bridgehead atoms. The van der Waals surface area contributed by atoms with E-state index in [0.717, 1.165) is 27.3 Å². The van der Waals surface area contributed by atoms with E-state index in [1.54, 1.807) is 6.07 Å². The number of hydrogen-bond donors (Lipinski definition) is 0. The zero-order chi connectivity index (χ0) is 28.1. The molecule has 202 valence electrons. The van der Waals surface area contributed by atoms with Crippen LogP contribution in [0.5, 0.6) is 0 Å². The maximum Gasteiger partial charge on any atom is 0.330 e. The van der Waals surface area contributed by atoms with Crippen LogP contribution in [0.25, 0.3) is 6.08 Å². The van der Waals surface area contributed by atoms with Gasteiger partial charge >= 0.3 is 5.97 Å². The number of fused-ring (bicyclic) bond motifs is 5. The van der Waals surface area contributed by atoms with E-state index in [9.17, 15) is 18.8 Å². The van der Waals surface area contributed by atoms with Crippen molar-refractivity contribution in [2.45, 2.75) is 18.2 Å². The lowest BCUT2D eigenvalue weighted by molar-refractivity contribution is -0.151. The Kier molecular flexibility index (Phi) is 6.00. The second-order valence-electron chi connectivity index (χ2n) is 10.4. The second kappa shape index (κ2) is 9.86. The third-order valence-electron chi connectivity index (χ3n) is 8.19. The fourth-order valence-corrected chi connectivity index (χ4v) is 6.42. The van der Waals surface area contributed by atoms with Crippen molar-refractivity contribution in [2.75, 3.05) is 9.80 Å². The highest BCUT2D eigenvalue weighted by Crippen LogP contribution is 2.50. The van der Waals surface area contributed by atoms with E-state index in [1.807, 2.05) is 102 Å². The van der Waals surface area contributed by atoms with Gasteiger partial charge in [0.1, 0.15) is 11.9 Å². The number of carbonyl (C=O) groups excluding carboxylic acids is 3. The molecule has 2 saturated heterocycles. The number of anilines is 2. The molecule has 0 spiro atoms. The molecule has 0 saturated carbocycles. The quantitative estimate of drug-likeness (QED) is 0.244. The molecule has 4 aromatic rings. The van der Waals surface area contributed by atoms with Gasteiger partial charge in [0.25, 0.3) is 0 Å². The summed E-state index contributed by atoms with van der Waals surface area (Å²) in [4.78, 5) is 45.0. The molecular formula is C34H25FN2O4.